The molecule has 0 aliphatic carbocycles. The summed E-state index contributed by atoms with van der Waals surface area (Å²) in [4.78, 5) is 43.6. The van der Waals surface area contributed by atoms with E-state index in [9.17, 15) is 9.59 Å². The van der Waals surface area contributed by atoms with Crippen molar-refractivity contribution in [1.29, 1.82) is 0 Å². The van der Waals surface area contributed by atoms with Gasteiger partial charge in [0.15, 0.2) is 0 Å². The van der Waals surface area contributed by atoms with Gasteiger partial charge in [-0.15, -0.1) is 11.3 Å². The second-order valence-electron chi connectivity index (χ2n) is 11.6. The molecule has 3 aromatic carbocycles. The van der Waals surface area contributed by atoms with Crippen LogP contribution in [0.3, 0.4) is 0 Å². The maximum absolute atomic E-state index is 12.8. The van der Waals surface area contributed by atoms with Crippen LogP contribution in [0.1, 0.15) is 34.6 Å². The molecule has 4 heterocycles. The Morgan fingerprint density at radius 3 is 1.69 bits per heavy atom. The quantitative estimate of drug-likeness (QED) is 0.123. The third kappa shape index (κ3) is 7.50. The Kier molecular flexibility index (Phi) is 10.2. The highest BCUT2D eigenvalue weighted by Gasteiger charge is 2.17. The number of para-hydroxylation sites is 2. The van der Waals surface area contributed by atoms with Crippen molar-refractivity contribution >= 4 is 40.3 Å². The second-order valence-corrected chi connectivity index (χ2v) is 12.7. The Balaban J connectivity index is 1.14. The Hall–Kier alpha value is -6.45. The van der Waals surface area contributed by atoms with Gasteiger partial charge in [-0.1, -0.05) is 48.5 Å². The highest BCUT2D eigenvalue weighted by molar-refractivity contribution is 7.18. The summed E-state index contributed by atoms with van der Waals surface area (Å²) in [6, 6.07) is 43.9. The largest absolute Gasteiger partial charge is 0.462 e. The molecule has 0 N–H and O–H groups in total. The number of carbonyl (C=O) groups excluding carboxylic acids is 2. The number of esters is 2. The van der Waals surface area contributed by atoms with Crippen LogP contribution in [0, 0.1) is 0 Å². The topological polar surface area (TPSA) is 94.5 Å². The third-order valence-electron chi connectivity index (χ3n) is 8.23. The first-order valence-corrected chi connectivity index (χ1v) is 17.7. The molecule has 9 heteroatoms. The molecule has 0 spiro atoms. The minimum absolute atomic E-state index is 0.224. The van der Waals surface area contributed by atoms with Gasteiger partial charge < -0.3 is 14.4 Å². The lowest BCUT2D eigenvalue weighted by Gasteiger charge is -2.25. The van der Waals surface area contributed by atoms with E-state index in [4.69, 9.17) is 19.4 Å². The standard InChI is InChI=1S/C43H34N4O4S/c1-3-50-42(48)30-23-24-44-37(25-30)39-27-32(43(49)51-4-2)26-38(46-39)36-20-17-31(28-45-36)41-22-21-40(52-41)29-15-18-35(19-16-29)47(33-11-7-5-8-12-33)34-13-9-6-10-14-34/h5-28H,3-4H2,1-2H3. The van der Waals surface area contributed by atoms with Gasteiger partial charge in [-0.2, -0.15) is 0 Å². The number of carbonyl (C=O) groups is 2. The average molecular weight is 703 g/mol. The Morgan fingerprint density at radius 2 is 1.10 bits per heavy atom. The van der Waals surface area contributed by atoms with Crippen LogP contribution < -0.4 is 4.90 Å². The van der Waals surface area contributed by atoms with Crippen molar-refractivity contribution in [2.45, 2.75) is 13.8 Å². The fourth-order valence-corrected chi connectivity index (χ4v) is 6.75. The van der Waals surface area contributed by atoms with Crippen molar-refractivity contribution in [2.75, 3.05) is 18.1 Å². The normalized spacial score (nSPS) is 10.8. The number of rotatable bonds is 11. The first-order valence-electron chi connectivity index (χ1n) is 16.9. The van der Waals surface area contributed by atoms with Gasteiger partial charge in [0.2, 0.25) is 0 Å². The molecule has 8 nitrogen and oxygen atoms in total. The van der Waals surface area contributed by atoms with Gasteiger partial charge >= 0.3 is 11.9 Å². The second kappa shape index (κ2) is 15.6. The van der Waals surface area contributed by atoms with E-state index in [0.717, 1.165) is 37.9 Å². The molecule has 0 amide bonds. The zero-order chi connectivity index (χ0) is 35.9. The Bertz CT molecular complexity index is 2270. The number of ether oxygens (including phenoxy) is 2. The van der Waals surface area contributed by atoms with Crippen molar-refractivity contribution < 1.29 is 19.1 Å². The molecule has 52 heavy (non-hydrogen) atoms. The molecule has 0 fully saturated rings. The summed E-state index contributed by atoms with van der Waals surface area (Å²) in [5, 5.41) is 0. The SMILES string of the molecule is CCOC(=O)c1ccnc(-c2cc(C(=O)OCC)cc(-c3ccc(-c4ccc(-c5ccc(N(c6ccccc6)c6ccccc6)cc5)s4)cn3)n2)c1. The number of anilines is 3. The van der Waals surface area contributed by atoms with Gasteiger partial charge in [0.1, 0.15) is 0 Å². The molecular weight excluding hydrogens is 669 g/mol. The maximum Gasteiger partial charge on any atom is 0.338 e. The van der Waals surface area contributed by atoms with Gasteiger partial charge in [0.25, 0.3) is 0 Å². The summed E-state index contributed by atoms with van der Waals surface area (Å²) < 4.78 is 10.4. The minimum Gasteiger partial charge on any atom is -0.462 e. The lowest BCUT2D eigenvalue weighted by Crippen LogP contribution is -2.09. The van der Waals surface area contributed by atoms with E-state index in [2.05, 4.69) is 94.8 Å². The van der Waals surface area contributed by atoms with E-state index in [1.165, 1.54) is 6.20 Å². The fourth-order valence-electron chi connectivity index (χ4n) is 5.75. The Labute approximate surface area is 306 Å². The number of hydrogen-bond donors (Lipinski definition) is 0. The van der Waals surface area contributed by atoms with Crippen molar-refractivity contribution in [3.63, 3.8) is 0 Å². The molecule has 0 radical (unpaired) electrons. The number of thiophene rings is 1. The van der Waals surface area contributed by atoms with Gasteiger partial charge in [-0.05, 0) is 104 Å². The van der Waals surface area contributed by atoms with Crippen molar-refractivity contribution in [3.05, 3.63) is 157 Å². The van der Waals surface area contributed by atoms with E-state index >= 15 is 0 Å². The molecule has 0 unspecified atom stereocenters. The lowest BCUT2D eigenvalue weighted by molar-refractivity contribution is 0.0516. The number of benzene rings is 3. The predicted octanol–water partition coefficient (Wildman–Crippen LogP) is 10.4. The molecular formula is C43H34N4O4S. The van der Waals surface area contributed by atoms with Crippen LogP contribution in [0.25, 0.3) is 43.7 Å². The van der Waals surface area contributed by atoms with Crippen LogP contribution in [0.5, 0.6) is 0 Å². The summed E-state index contributed by atoms with van der Waals surface area (Å²) in [6.07, 6.45) is 3.32. The molecule has 0 saturated heterocycles. The van der Waals surface area contributed by atoms with Crippen LogP contribution in [-0.2, 0) is 9.47 Å². The minimum atomic E-state index is -0.488. The molecule has 7 aromatic rings. The first kappa shape index (κ1) is 34.0. The zero-order valence-electron chi connectivity index (χ0n) is 28.6. The number of pyridine rings is 3. The highest BCUT2D eigenvalue weighted by Crippen LogP contribution is 2.38. The Morgan fingerprint density at radius 1 is 0.558 bits per heavy atom. The smallest absolute Gasteiger partial charge is 0.338 e. The number of aromatic nitrogens is 3. The monoisotopic (exact) mass is 702 g/mol. The first-order chi connectivity index (χ1) is 25.5. The van der Waals surface area contributed by atoms with Crippen molar-refractivity contribution in [1.82, 2.24) is 15.0 Å². The molecule has 7 rings (SSSR count). The molecule has 0 aliphatic heterocycles. The number of nitrogens with zero attached hydrogens (tertiary/aromatic N) is 4. The molecule has 0 saturated carbocycles. The van der Waals surface area contributed by atoms with Crippen LogP contribution in [0.2, 0.25) is 0 Å². The molecule has 0 aliphatic rings. The molecule has 0 bridgehead atoms. The van der Waals surface area contributed by atoms with Crippen LogP contribution in [-0.4, -0.2) is 40.1 Å². The fraction of sp³-hybridized carbons (Fsp3) is 0.0930. The number of hydrogen-bond acceptors (Lipinski definition) is 9. The summed E-state index contributed by atoms with van der Waals surface area (Å²) in [5.41, 5.74) is 7.86. The van der Waals surface area contributed by atoms with Crippen molar-refractivity contribution in [3.8, 4) is 43.7 Å². The third-order valence-corrected chi connectivity index (χ3v) is 9.41. The predicted molar refractivity (Wildman–Crippen MR) is 206 cm³/mol. The highest BCUT2D eigenvalue weighted by atomic mass is 32.1. The van der Waals surface area contributed by atoms with Crippen LogP contribution >= 0.6 is 11.3 Å². The molecule has 0 atom stereocenters. The summed E-state index contributed by atoms with van der Waals surface area (Å²) in [5.74, 6) is -0.950. The maximum atomic E-state index is 12.8. The van der Waals surface area contributed by atoms with Crippen LogP contribution in [0.4, 0.5) is 17.1 Å². The zero-order valence-corrected chi connectivity index (χ0v) is 29.4. The van der Waals surface area contributed by atoms with E-state index in [0.29, 0.717) is 33.9 Å². The van der Waals surface area contributed by atoms with E-state index in [1.807, 2.05) is 30.5 Å². The van der Waals surface area contributed by atoms with Gasteiger partial charge in [0, 0.05) is 44.8 Å². The van der Waals surface area contributed by atoms with Crippen molar-refractivity contribution in [2.24, 2.45) is 0 Å². The van der Waals surface area contributed by atoms with E-state index in [-0.39, 0.29) is 13.2 Å². The van der Waals surface area contributed by atoms with Gasteiger partial charge in [-0.25, -0.2) is 14.6 Å². The van der Waals surface area contributed by atoms with E-state index in [1.54, 1.807) is 49.4 Å². The average Bonchev–Trinajstić information content (AvgIpc) is 3.70. The molecule has 256 valence electrons. The summed E-state index contributed by atoms with van der Waals surface area (Å²) >= 11 is 1.69. The summed E-state index contributed by atoms with van der Waals surface area (Å²) in [6.45, 7) is 3.98. The van der Waals surface area contributed by atoms with E-state index < -0.39 is 11.9 Å². The lowest BCUT2D eigenvalue weighted by atomic mass is 10.1. The van der Waals surface area contributed by atoms with Gasteiger partial charge in [-0.3, -0.25) is 9.97 Å². The van der Waals surface area contributed by atoms with Gasteiger partial charge in [0.05, 0.1) is 47.1 Å². The molecule has 4 aromatic heterocycles. The van der Waals surface area contributed by atoms with Crippen LogP contribution in [0.15, 0.2) is 146 Å². The summed E-state index contributed by atoms with van der Waals surface area (Å²) in [7, 11) is 0.